The number of benzene rings is 1. The summed E-state index contributed by atoms with van der Waals surface area (Å²) >= 11 is 0. The van der Waals surface area contributed by atoms with E-state index in [9.17, 15) is 8.78 Å². The molecule has 1 atom stereocenters. The molecule has 0 aliphatic rings. The number of rotatable bonds is 6. The third-order valence-corrected chi connectivity index (χ3v) is 3.05. The summed E-state index contributed by atoms with van der Waals surface area (Å²) < 4.78 is 30.6. The molecule has 1 aromatic carbocycles. The van der Waals surface area contributed by atoms with Crippen molar-refractivity contribution in [3.05, 3.63) is 42.0 Å². The smallest absolute Gasteiger partial charge is 0.387 e. The Kier molecular flexibility index (Phi) is 4.85. The Labute approximate surface area is 121 Å². The van der Waals surface area contributed by atoms with Crippen LogP contribution in [0.1, 0.15) is 37.3 Å². The van der Waals surface area contributed by atoms with Crippen molar-refractivity contribution < 1.29 is 13.5 Å². The molecule has 0 aliphatic heterocycles. The van der Waals surface area contributed by atoms with Gasteiger partial charge in [-0.1, -0.05) is 12.1 Å². The number of nitrogens with two attached hydrogens (primary N) is 1. The Balaban J connectivity index is 2.12. The molecule has 21 heavy (non-hydrogen) atoms. The molecule has 0 aliphatic carbocycles. The molecule has 2 rings (SSSR count). The molecule has 2 aromatic rings. The van der Waals surface area contributed by atoms with Crippen LogP contribution in [-0.4, -0.2) is 21.4 Å². The number of alkyl halides is 2. The van der Waals surface area contributed by atoms with Crippen molar-refractivity contribution in [2.24, 2.45) is 5.73 Å². The van der Waals surface area contributed by atoms with E-state index in [-0.39, 0.29) is 17.8 Å². The fourth-order valence-electron chi connectivity index (χ4n) is 2.09. The van der Waals surface area contributed by atoms with Crippen LogP contribution in [0.3, 0.4) is 0 Å². The maximum absolute atomic E-state index is 12.2. The van der Waals surface area contributed by atoms with Crippen LogP contribution in [-0.2, 0) is 6.42 Å². The topological polar surface area (TPSA) is 66.0 Å². The molecule has 0 bridgehead atoms. The summed E-state index contributed by atoms with van der Waals surface area (Å²) in [5.41, 5.74) is 6.85. The first-order valence-electron chi connectivity index (χ1n) is 6.66. The average molecular weight is 296 g/mol. The fourth-order valence-corrected chi connectivity index (χ4v) is 2.09. The van der Waals surface area contributed by atoms with Gasteiger partial charge in [-0.2, -0.15) is 13.9 Å². The van der Waals surface area contributed by atoms with E-state index < -0.39 is 6.61 Å². The van der Waals surface area contributed by atoms with Crippen molar-refractivity contribution in [1.82, 2.24) is 14.8 Å². The van der Waals surface area contributed by atoms with Crippen molar-refractivity contribution in [2.75, 3.05) is 0 Å². The molecule has 0 saturated carbocycles. The minimum absolute atomic E-state index is 0.100. The average Bonchev–Trinajstić information content (AvgIpc) is 2.86. The van der Waals surface area contributed by atoms with Crippen molar-refractivity contribution in [3.8, 4) is 5.75 Å². The number of nitrogens with zero attached hydrogens (tertiary/aromatic N) is 3. The highest BCUT2D eigenvalue weighted by Crippen LogP contribution is 2.22. The lowest BCUT2D eigenvalue weighted by atomic mass is 10.0. The van der Waals surface area contributed by atoms with Crippen LogP contribution in [0.4, 0.5) is 8.78 Å². The fraction of sp³-hybridized carbons (Fsp3) is 0.429. The van der Waals surface area contributed by atoms with Crippen molar-refractivity contribution >= 4 is 0 Å². The SMILES string of the molecule is CC(C)n1ncnc1CC(N)c1cccc(OC(F)F)c1. The van der Waals surface area contributed by atoms with Gasteiger partial charge in [-0.05, 0) is 31.5 Å². The number of hydrogen-bond acceptors (Lipinski definition) is 4. The van der Waals surface area contributed by atoms with Gasteiger partial charge in [-0.15, -0.1) is 0 Å². The van der Waals surface area contributed by atoms with Gasteiger partial charge < -0.3 is 10.5 Å². The summed E-state index contributed by atoms with van der Waals surface area (Å²) in [5, 5.41) is 4.15. The Morgan fingerprint density at radius 2 is 2.10 bits per heavy atom. The van der Waals surface area contributed by atoms with E-state index >= 15 is 0 Å². The zero-order valence-corrected chi connectivity index (χ0v) is 11.9. The molecule has 1 aromatic heterocycles. The molecule has 5 nitrogen and oxygen atoms in total. The van der Waals surface area contributed by atoms with E-state index in [1.54, 1.807) is 16.8 Å². The maximum atomic E-state index is 12.2. The molecule has 1 heterocycles. The quantitative estimate of drug-likeness (QED) is 0.890. The van der Waals surface area contributed by atoms with Crippen molar-refractivity contribution in [1.29, 1.82) is 0 Å². The van der Waals surface area contributed by atoms with Gasteiger partial charge in [-0.3, -0.25) is 0 Å². The lowest BCUT2D eigenvalue weighted by Crippen LogP contribution is -2.18. The van der Waals surface area contributed by atoms with Crippen LogP contribution >= 0.6 is 0 Å². The minimum atomic E-state index is -2.85. The van der Waals surface area contributed by atoms with Gasteiger partial charge in [0.05, 0.1) is 0 Å². The predicted octanol–water partition coefficient (Wildman–Crippen LogP) is 2.70. The Bertz CT molecular complexity index is 586. The van der Waals surface area contributed by atoms with Gasteiger partial charge >= 0.3 is 6.61 Å². The molecular formula is C14H18F2N4O. The van der Waals surface area contributed by atoms with E-state index in [1.165, 1.54) is 18.5 Å². The minimum Gasteiger partial charge on any atom is -0.435 e. The van der Waals surface area contributed by atoms with E-state index in [1.807, 2.05) is 13.8 Å². The third-order valence-electron chi connectivity index (χ3n) is 3.05. The summed E-state index contributed by atoms with van der Waals surface area (Å²) in [6.07, 6.45) is 1.95. The van der Waals surface area contributed by atoms with Crippen LogP contribution in [0.15, 0.2) is 30.6 Å². The molecule has 0 radical (unpaired) electrons. The van der Waals surface area contributed by atoms with E-state index in [2.05, 4.69) is 14.8 Å². The highest BCUT2D eigenvalue weighted by Gasteiger charge is 2.15. The monoisotopic (exact) mass is 296 g/mol. The van der Waals surface area contributed by atoms with E-state index in [0.717, 1.165) is 5.82 Å². The highest BCUT2D eigenvalue weighted by atomic mass is 19.3. The molecule has 0 fully saturated rings. The molecule has 7 heteroatoms. The van der Waals surface area contributed by atoms with Crippen LogP contribution < -0.4 is 10.5 Å². The molecule has 1 unspecified atom stereocenters. The van der Waals surface area contributed by atoms with E-state index in [0.29, 0.717) is 12.0 Å². The zero-order valence-electron chi connectivity index (χ0n) is 11.9. The standard InChI is InChI=1S/C14H18F2N4O/c1-9(2)20-13(18-8-19-20)7-12(17)10-4-3-5-11(6-10)21-14(15)16/h3-6,8-9,12,14H,7,17H2,1-2H3. The Morgan fingerprint density at radius 3 is 2.76 bits per heavy atom. The van der Waals surface area contributed by atoms with Gasteiger partial charge in [0.1, 0.15) is 17.9 Å². The van der Waals surface area contributed by atoms with Crippen LogP contribution in [0.5, 0.6) is 5.75 Å². The first-order chi connectivity index (χ1) is 9.97. The summed E-state index contributed by atoms with van der Waals surface area (Å²) in [6, 6.07) is 6.22. The predicted molar refractivity (Wildman–Crippen MR) is 74.1 cm³/mol. The largest absolute Gasteiger partial charge is 0.435 e. The Morgan fingerprint density at radius 1 is 1.33 bits per heavy atom. The molecule has 2 N–H and O–H groups in total. The van der Waals surface area contributed by atoms with Gasteiger partial charge in [0.2, 0.25) is 0 Å². The second-order valence-electron chi connectivity index (χ2n) is 4.98. The summed E-state index contributed by atoms with van der Waals surface area (Å²) in [4.78, 5) is 4.19. The molecule has 0 spiro atoms. The van der Waals surface area contributed by atoms with Gasteiger partial charge in [-0.25, -0.2) is 9.67 Å². The van der Waals surface area contributed by atoms with Gasteiger partial charge in [0, 0.05) is 18.5 Å². The number of ether oxygens (including phenoxy) is 1. The number of halogens is 2. The summed E-state index contributed by atoms with van der Waals surface area (Å²) in [6.45, 7) is 1.15. The van der Waals surface area contributed by atoms with Crippen LogP contribution in [0, 0.1) is 0 Å². The number of hydrogen-bond donors (Lipinski definition) is 1. The summed E-state index contributed by atoms with van der Waals surface area (Å²) in [5.74, 6) is 0.862. The molecule has 0 saturated heterocycles. The van der Waals surface area contributed by atoms with Gasteiger partial charge in [0.15, 0.2) is 0 Å². The zero-order chi connectivity index (χ0) is 15.4. The lowest BCUT2D eigenvalue weighted by molar-refractivity contribution is -0.0499. The Hall–Kier alpha value is -2.02. The second kappa shape index (κ2) is 6.62. The second-order valence-corrected chi connectivity index (χ2v) is 4.98. The summed E-state index contributed by atoms with van der Waals surface area (Å²) in [7, 11) is 0. The molecule has 114 valence electrons. The van der Waals surface area contributed by atoms with Crippen molar-refractivity contribution in [3.63, 3.8) is 0 Å². The number of aromatic nitrogens is 3. The van der Waals surface area contributed by atoms with Crippen LogP contribution in [0.25, 0.3) is 0 Å². The normalized spacial score (nSPS) is 12.9. The van der Waals surface area contributed by atoms with Gasteiger partial charge in [0.25, 0.3) is 0 Å². The lowest BCUT2D eigenvalue weighted by Gasteiger charge is -2.15. The first kappa shape index (κ1) is 15.4. The molecular weight excluding hydrogens is 278 g/mol. The molecule has 0 amide bonds. The maximum Gasteiger partial charge on any atom is 0.387 e. The third kappa shape index (κ3) is 3.98. The van der Waals surface area contributed by atoms with Crippen molar-refractivity contribution in [2.45, 2.75) is 39.0 Å². The highest BCUT2D eigenvalue weighted by molar-refractivity contribution is 5.30. The van der Waals surface area contributed by atoms with Crippen LogP contribution in [0.2, 0.25) is 0 Å². The first-order valence-corrected chi connectivity index (χ1v) is 6.66. The van der Waals surface area contributed by atoms with E-state index in [4.69, 9.17) is 5.73 Å².